The number of piperidine rings is 2. The maximum atomic E-state index is 13.6. The standard InChI is InChI=1S/C32H41Cl2F3N4O2/c1-39(2)30(43)31(14-16-38-17-15-31)41-18-5-4-9-26(41)12-10-24(22-11-13-27(33)28(34)20-22)21-40(3)29(42)23-7-6-8-25(19-23)32(35,36)37/h6-8,11,13,19-20,24,26,38H,4-5,9-10,12,14-18,21H2,1-3H3. The van der Waals surface area contributed by atoms with Crippen molar-refractivity contribution < 1.29 is 22.8 Å². The molecule has 2 atom stereocenters. The van der Waals surface area contributed by atoms with Crippen molar-refractivity contribution in [2.45, 2.75) is 68.6 Å². The quantitative estimate of drug-likeness (QED) is 0.331. The number of carbonyl (C=O) groups is 2. The van der Waals surface area contributed by atoms with Crippen LogP contribution in [-0.2, 0) is 11.0 Å². The zero-order valence-corrected chi connectivity index (χ0v) is 26.5. The first-order valence-electron chi connectivity index (χ1n) is 14.9. The summed E-state index contributed by atoms with van der Waals surface area (Å²) in [7, 11) is 5.26. The molecule has 2 aliphatic rings. The van der Waals surface area contributed by atoms with Crippen molar-refractivity contribution in [2.24, 2.45) is 0 Å². The molecular weight excluding hydrogens is 600 g/mol. The normalized spacial score (nSPS) is 20.0. The molecule has 2 fully saturated rings. The number of hydrogen-bond acceptors (Lipinski definition) is 4. The van der Waals surface area contributed by atoms with Crippen LogP contribution in [0, 0.1) is 0 Å². The van der Waals surface area contributed by atoms with Crippen LogP contribution in [0.3, 0.4) is 0 Å². The molecule has 236 valence electrons. The Morgan fingerprint density at radius 2 is 1.77 bits per heavy atom. The third kappa shape index (κ3) is 7.85. The van der Waals surface area contributed by atoms with Crippen molar-refractivity contribution in [3.8, 4) is 0 Å². The SMILES string of the molecule is CN(C)C(=O)C1(N2CCCCC2CCC(CN(C)C(=O)c2cccc(C(F)(F)F)c2)c2ccc(Cl)c(Cl)c2)CCNCC1. The van der Waals surface area contributed by atoms with Crippen LogP contribution in [-0.4, -0.2) is 85.4 Å². The number of likely N-dealkylation sites (N-methyl/N-ethyl adjacent to an activating group) is 2. The highest BCUT2D eigenvalue weighted by atomic mass is 35.5. The van der Waals surface area contributed by atoms with Crippen LogP contribution in [0.25, 0.3) is 0 Å². The van der Waals surface area contributed by atoms with E-state index in [0.717, 1.165) is 75.9 Å². The van der Waals surface area contributed by atoms with Crippen molar-refractivity contribution in [2.75, 3.05) is 47.3 Å². The Balaban J connectivity index is 1.58. The summed E-state index contributed by atoms with van der Waals surface area (Å²) in [6.45, 7) is 2.72. The number of hydrogen-bond donors (Lipinski definition) is 1. The minimum absolute atomic E-state index is 0.0151. The molecule has 2 aliphatic heterocycles. The summed E-state index contributed by atoms with van der Waals surface area (Å²) in [6.07, 6.45) is 1.56. The zero-order chi connectivity index (χ0) is 31.4. The summed E-state index contributed by atoms with van der Waals surface area (Å²) in [4.78, 5) is 32.6. The van der Waals surface area contributed by atoms with Crippen LogP contribution in [0.5, 0.6) is 0 Å². The summed E-state index contributed by atoms with van der Waals surface area (Å²) in [5, 5.41) is 4.23. The first-order valence-corrected chi connectivity index (χ1v) is 15.7. The number of rotatable bonds is 9. The molecule has 2 heterocycles. The lowest BCUT2D eigenvalue weighted by Crippen LogP contribution is -2.66. The molecule has 2 amide bonds. The molecule has 2 saturated heterocycles. The summed E-state index contributed by atoms with van der Waals surface area (Å²) < 4.78 is 40.0. The second-order valence-corrected chi connectivity index (χ2v) is 12.9. The van der Waals surface area contributed by atoms with E-state index >= 15 is 0 Å². The third-order valence-corrected chi connectivity index (χ3v) is 9.69. The fourth-order valence-corrected chi connectivity index (χ4v) is 7.04. The Morgan fingerprint density at radius 1 is 1.05 bits per heavy atom. The average molecular weight is 642 g/mol. The van der Waals surface area contributed by atoms with Crippen molar-refractivity contribution in [1.82, 2.24) is 20.0 Å². The molecule has 2 aromatic carbocycles. The number of likely N-dealkylation sites (tertiary alicyclic amines) is 1. The van der Waals surface area contributed by atoms with Gasteiger partial charge in [0.1, 0.15) is 5.54 Å². The van der Waals surface area contributed by atoms with Gasteiger partial charge in [-0.1, -0.05) is 41.8 Å². The molecule has 0 saturated carbocycles. The number of nitrogens with one attached hydrogen (secondary N) is 1. The molecule has 0 spiro atoms. The molecule has 1 N–H and O–H groups in total. The van der Waals surface area contributed by atoms with Gasteiger partial charge < -0.3 is 15.1 Å². The number of nitrogens with zero attached hydrogens (tertiary/aromatic N) is 3. The van der Waals surface area contributed by atoms with Gasteiger partial charge in [-0.05, 0) is 94.1 Å². The van der Waals surface area contributed by atoms with E-state index in [1.165, 1.54) is 17.0 Å². The second kappa shape index (κ2) is 14.2. The minimum atomic E-state index is -4.54. The molecule has 11 heteroatoms. The highest BCUT2D eigenvalue weighted by Crippen LogP contribution is 2.38. The van der Waals surface area contributed by atoms with Gasteiger partial charge in [0, 0.05) is 45.2 Å². The van der Waals surface area contributed by atoms with Crippen molar-refractivity contribution >= 4 is 35.0 Å². The molecule has 4 rings (SSSR count). The fraction of sp³-hybridized carbons (Fsp3) is 0.562. The van der Waals surface area contributed by atoms with Gasteiger partial charge in [0.15, 0.2) is 0 Å². The summed E-state index contributed by atoms with van der Waals surface area (Å²) >= 11 is 12.6. The Bertz CT molecular complexity index is 1280. The van der Waals surface area contributed by atoms with E-state index in [1.807, 2.05) is 20.2 Å². The van der Waals surface area contributed by atoms with Gasteiger partial charge in [-0.2, -0.15) is 13.2 Å². The molecule has 0 bridgehead atoms. The van der Waals surface area contributed by atoms with Crippen LogP contribution in [0.15, 0.2) is 42.5 Å². The van der Waals surface area contributed by atoms with E-state index in [4.69, 9.17) is 23.2 Å². The Kier molecular flexibility index (Phi) is 11.1. The topological polar surface area (TPSA) is 55.9 Å². The number of benzene rings is 2. The van der Waals surface area contributed by atoms with Crippen molar-refractivity contribution in [1.29, 1.82) is 0 Å². The van der Waals surface area contributed by atoms with Crippen LogP contribution < -0.4 is 5.32 Å². The van der Waals surface area contributed by atoms with Crippen LogP contribution in [0.4, 0.5) is 13.2 Å². The van der Waals surface area contributed by atoms with Crippen LogP contribution in [0.1, 0.15) is 72.3 Å². The van der Waals surface area contributed by atoms with Gasteiger partial charge in [0.2, 0.25) is 5.91 Å². The number of alkyl halides is 3. The molecule has 0 aromatic heterocycles. The number of carbonyl (C=O) groups excluding carboxylic acids is 2. The van der Waals surface area contributed by atoms with Gasteiger partial charge in [-0.3, -0.25) is 14.5 Å². The lowest BCUT2D eigenvalue weighted by molar-refractivity contribution is -0.148. The number of halogens is 5. The minimum Gasteiger partial charge on any atom is -0.347 e. The zero-order valence-electron chi connectivity index (χ0n) is 25.0. The van der Waals surface area contributed by atoms with Crippen LogP contribution in [0.2, 0.25) is 10.0 Å². The van der Waals surface area contributed by atoms with E-state index in [1.54, 1.807) is 24.1 Å². The monoisotopic (exact) mass is 640 g/mol. The Hall–Kier alpha value is -2.33. The Labute approximate surface area is 262 Å². The van der Waals surface area contributed by atoms with E-state index in [-0.39, 0.29) is 30.0 Å². The predicted octanol–water partition coefficient (Wildman–Crippen LogP) is 6.71. The lowest BCUT2D eigenvalue weighted by Gasteiger charge is -2.51. The predicted molar refractivity (Wildman–Crippen MR) is 165 cm³/mol. The van der Waals surface area contributed by atoms with Crippen molar-refractivity contribution in [3.05, 3.63) is 69.2 Å². The Morgan fingerprint density at radius 3 is 2.42 bits per heavy atom. The van der Waals surface area contributed by atoms with E-state index < -0.39 is 23.2 Å². The molecular formula is C32H41Cl2F3N4O2. The molecule has 0 radical (unpaired) electrons. The number of amides is 2. The van der Waals surface area contributed by atoms with Gasteiger partial charge in [0.05, 0.1) is 15.6 Å². The third-order valence-electron chi connectivity index (χ3n) is 8.95. The molecule has 6 nitrogen and oxygen atoms in total. The maximum Gasteiger partial charge on any atom is 0.416 e. The van der Waals surface area contributed by atoms with Gasteiger partial charge in [0.25, 0.3) is 5.91 Å². The summed E-state index contributed by atoms with van der Waals surface area (Å²) in [6, 6.07) is 10.1. The summed E-state index contributed by atoms with van der Waals surface area (Å²) in [5.74, 6) is -0.485. The summed E-state index contributed by atoms with van der Waals surface area (Å²) in [5.41, 5.74) is -0.515. The first kappa shape index (κ1) is 33.6. The smallest absolute Gasteiger partial charge is 0.347 e. The van der Waals surface area contributed by atoms with Gasteiger partial charge >= 0.3 is 6.18 Å². The highest BCUT2D eigenvalue weighted by molar-refractivity contribution is 6.42. The van der Waals surface area contributed by atoms with Crippen LogP contribution >= 0.6 is 23.2 Å². The van der Waals surface area contributed by atoms with E-state index in [0.29, 0.717) is 16.5 Å². The lowest BCUT2D eigenvalue weighted by atomic mass is 9.80. The van der Waals surface area contributed by atoms with E-state index in [2.05, 4.69) is 10.2 Å². The molecule has 0 aliphatic carbocycles. The fourth-order valence-electron chi connectivity index (χ4n) is 6.73. The van der Waals surface area contributed by atoms with E-state index in [9.17, 15) is 22.8 Å². The van der Waals surface area contributed by atoms with Gasteiger partial charge in [-0.15, -0.1) is 0 Å². The maximum absolute atomic E-state index is 13.6. The largest absolute Gasteiger partial charge is 0.416 e. The average Bonchev–Trinajstić information content (AvgIpc) is 2.99. The van der Waals surface area contributed by atoms with Gasteiger partial charge in [-0.25, -0.2) is 0 Å². The molecule has 2 unspecified atom stereocenters. The molecule has 43 heavy (non-hydrogen) atoms. The highest BCUT2D eigenvalue weighted by Gasteiger charge is 2.48. The van der Waals surface area contributed by atoms with Crippen molar-refractivity contribution in [3.63, 3.8) is 0 Å². The second-order valence-electron chi connectivity index (χ2n) is 12.0. The molecule has 2 aromatic rings. The first-order chi connectivity index (χ1) is 20.3.